The van der Waals surface area contributed by atoms with Gasteiger partial charge in [-0.3, -0.25) is 0 Å². The normalized spacial score (nSPS) is 16.6. The first-order valence-corrected chi connectivity index (χ1v) is 6.42. The van der Waals surface area contributed by atoms with Gasteiger partial charge in [0.05, 0.1) is 0 Å². The largest absolute Gasteiger partial charge is 0.460 e. The molecule has 0 saturated heterocycles. The van der Waals surface area contributed by atoms with Crippen LogP contribution in [0.25, 0.3) is 0 Å². The summed E-state index contributed by atoms with van der Waals surface area (Å²) < 4.78 is 243. The van der Waals surface area contributed by atoms with Gasteiger partial charge in [0.15, 0.2) is 0 Å². The van der Waals surface area contributed by atoms with Crippen molar-refractivity contribution in [3.05, 3.63) is 0 Å². The van der Waals surface area contributed by atoms with Gasteiger partial charge in [-0.1, -0.05) is 0 Å². The fourth-order valence-electron chi connectivity index (χ4n) is 1.43. The highest BCUT2D eigenvalue weighted by molar-refractivity contribution is 5.14. The molecule has 1 N–H and O–H groups in total. The van der Waals surface area contributed by atoms with Crippen LogP contribution in [0.4, 0.5) is 83.4 Å². The Morgan fingerprint density at radius 2 is 0.677 bits per heavy atom. The average Bonchev–Trinajstić information content (AvgIpc) is 2.51. The molecule has 0 atom stereocenters. The van der Waals surface area contributed by atoms with Gasteiger partial charge in [-0.15, -0.1) is 0 Å². The van der Waals surface area contributed by atoms with Crippen LogP contribution < -0.4 is 0 Å². The summed E-state index contributed by atoms with van der Waals surface area (Å²) in [5.41, 5.74) is 0. The van der Waals surface area contributed by atoms with Gasteiger partial charge in [0.1, 0.15) is 6.61 Å². The SMILES string of the molecule is OCC(F)(F)OC(F)(F)C(F)(F)C(F)(F)C(F)(F)C(F)(F)C(F)(F)C(F)(F)C(F)(F)F. The molecular formula is C10H3F19O2. The minimum absolute atomic E-state index is 1.60. The lowest BCUT2D eigenvalue weighted by Gasteiger charge is -2.42. The van der Waals surface area contributed by atoms with Crippen molar-refractivity contribution in [2.75, 3.05) is 6.61 Å². The van der Waals surface area contributed by atoms with Crippen LogP contribution >= 0.6 is 0 Å². The third kappa shape index (κ3) is 4.06. The van der Waals surface area contributed by atoms with Crippen molar-refractivity contribution in [3.8, 4) is 0 Å². The van der Waals surface area contributed by atoms with Crippen molar-refractivity contribution in [2.24, 2.45) is 0 Å². The number of alkyl halides is 19. The fourth-order valence-corrected chi connectivity index (χ4v) is 1.43. The molecule has 188 valence electrons. The molecule has 0 heterocycles. The van der Waals surface area contributed by atoms with E-state index in [1.54, 1.807) is 4.74 Å². The van der Waals surface area contributed by atoms with Gasteiger partial charge in [-0.25, -0.2) is 4.74 Å². The Morgan fingerprint density at radius 1 is 0.419 bits per heavy atom. The second kappa shape index (κ2) is 7.30. The molecule has 0 bridgehead atoms. The minimum atomic E-state index is -8.90. The zero-order valence-electron chi connectivity index (χ0n) is 13.2. The molecule has 0 aromatic rings. The highest BCUT2D eigenvalue weighted by atomic mass is 19.4. The first kappa shape index (κ1) is 29.6. The standard InChI is InChI=1S/C10H3F19O2/c11-2(12,1-30)31-10(28,29)8(23,24)6(19,20)4(15,16)3(13,14)5(17,18)7(21,22)9(25,26)27/h30H,1H2. The average molecular weight is 516 g/mol. The molecule has 0 aromatic heterocycles. The van der Waals surface area contributed by atoms with Crippen LogP contribution in [0.15, 0.2) is 0 Å². The highest BCUT2D eigenvalue weighted by Crippen LogP contribution is 2.64. The van der Waals surface area contributed by atoms with E-state index in [-0.39, 0.29) is 0 Å². The van der Waals surface area contributed by atoms with E-state index in [4.69, 9.17) is 5.11 Å². The Bertz CT molecular complexity index is 647. The third-order valence-corrected chi connectivity index (χ3v) is 3.15. The maximum Gasteiger partial charge on any atom is 0.460 e. The molecule has 0 unspecified atom stereocenters. The second-order valence-corrected chi connectivity index (χ2v) is 5.36. The van der Waals surface area contributed by atoms with Crippen molar-refractivity contribution in [3.63, 3.8) is 0 Å². The van der Waals surface area contributed by atoms with Crippen LogP contribution in [-0.2, 0) is 4.74 Å². The van der Waals surface area contributed by atoms with Crippen LogP contribution in [0.2, 0.25) is 0 Å². The minimum Gasteiger partial charge on any atom is -0.387 e. The Morgan fingerprint density at radius 3 is 0.935 bits per heavy atom. The Kier molecular flexibility index (Phi) is 6.97. The molecule has 0 rings (SSSR count). The quantitative estimate of drug-likeness (QED) is 0.408. The maximum absolute atomic E-state index is 13.2. The van der Waals surface area contributed by atoms with Gasteiger partial charge in [0.25, 0.3) is 0 Å². The van der Waals surface area contributed by atoms with E-state index in [2.05, 4.69) is 0 Å². The third-order valence-electron chi connectivity index (χ3n) is 3.15. The highest BCUT2D eigenvalue weighted by Gasteiger charge is 2.95. The molecule has 0 amide bonds. The van der Waals surface area contributed by atoms with Gasteiger partial charge in [-0.2, -0.15) is 83.4 Å². The number of halogens is 19. The summed E-state index contributed by atoms with van der Waals surface area (Å²) in [5.74, 6) is -52.0. The van der Waals surface area contributed by atoms with Gasteiger partial charge in [0.2, 0.25) is 0 Å². The number of hydrogen-bond acceptors (Lipinski definition) is 2. The smallest absolute Gasteiger partial charge is 0.387 e. The summed E-state index contributed by atoms with van der Waals surface area (Å²) in [5, 5.41) is 7.79. The summed E-state index contributed by atoms with van der Waals surface area (Å²) in [6.07, 6.45) is -21.6. The monoisotopic (exact) mass is 516 g/mol. The Labute approximate surface area is 155 Å². The Balaban J connectivity index is 6.70. The molecule has 31 heavy (non-hydrogen) atoms. The van der Waals surface area contributed by atoms with Crippen molar-refractivity contribution in [2.45, 2.75) is 53.9 Å². The number of aliphatic hydroxyl groups excluding tert-OH is 1. The van der Waals surface area contributed by atoms with Gasteiger partial charge < -0.3 is 5.11 Å². The van der Waals surface area contributed by atoms with Crippen molar-refractivity contribution in [1.82, 2.24) is 0 Å². The van der Waals surface area contributed by atoms with Crippen LogP contribution in [0, 0.1) is 0 Å². The lowest BCUT2D eigenvalue weighted by atomic mass is 9.90. The second-order valence-electron chi connectivity index (χ2n) is 5.36. The van der Waals surface area contributed by atoms with E-state index in [1.165, 1.54) is 0 Å². The predicted molar refractivity (Wildman–Crippen MR) is 53.8 cm³/mol. The van der Waals surface area contributed by atoms with E-state index >= 15 is 0 Å². The van der Waals surface area contributed by atoms with E-state index in [0.29, 0.717) is 0 Å². The van der Waals surface area contributed by atoms with Gasteiger partial charge >= 0.3 is 53.9 Å². The number of ether oxygens (including phenoxy) is 1. The first-order chi connectivity index (χ1) is 13.0. The van der Waals surface area contributed by atoms with Crippen LogP contribution in [0.3, 0.4) is 0 Å². The van der Waals surface area contributed by atoms with Crippen molar-refractivity contribution < 1.29 is 93.3 Å². The first-order valence-electron chi connectivity index (χ1n) is 6.42. The summed E-state index contributed by atoms with van der Waals surface area (Å²) in [7, 11) is 0. The molecule has 2 nitrogen and oxygen atoms in total. The summed E-state index contributed by atoms with van der Waals surface area (Å²) in [6.45, 7) is -3.06. The van der Waals surface area contributed by atoms with Crippen molar-refractivity contribution >= 4 is 0 Å². The van der Waals surface area contributed by atoms with E-state index in [9.17, 15) is 83.4 Å². The molecule has 0 aliphatic rings. The zero-order valence-corrected chi connectivity index (χ0v) is 13.2. The molecule has 0 fully saturated rings. The van der Waals surface area contributed by atoms with Crippen molar-refractivity contribution in [1.29, 1.82) is 0 Å². The number of aliphatic hydroxyl groups is 1. The summed E-state index contributed by atoms with van der Waals surface area (Å²) in [6, 6.07) is 0. The van der Waals surface area contributed by atoms with E-state index in [0.717, 1.165) is 0 Å². The van der Waals surface area contributed by atoms with Crippen LogP contribution in [-0.4, -0.2) is 65.6 Å². The van der Waals surface area contributed by atoms with Gasteiger partial charge in [-0.05, 0) is 0 Å². The molecule has 0 spiro atoms. The summed E-state index contributed by atoms with van der Waals surface area (Å²) >= 11 is 0. The van der Waals surface area contributed by atoms with E-state index in [1.807, 2.05) is 0 Å². The van der Waals surface area contributed by atoms with Crippen LogP contribution in [0.5, 0.6) is 0 Å². The Hall–Kier alpha value is -1.41. The zero-order chi connectivity index (χ0) is 25.9. The fraction of sp³-hybridized carbons (Fsp3) is 1.00. The maximum atomic E-state index is 13.2. The summed E-state index contributed by atoms with van der Waals surface area (Å²) in [4.78, 5) is 0. The number of hydrogen-bond donors (Lipinski definition) is 1. The molecule has 0 aromatic carbocycles. The molecule has 0 saturated carbocycles. The van der Waals surface area contributed by atoms with E-state index < -0.39 is 60.5 Å². The van der Waals surface area contributed by atoms with Gasteiger partial charge in [0, 0.05) is 0 Å². The number of rotatable bonds is 9. The lowest BCUT2D eigenvalue weighted by Crippen LogP contribution is -2.74. The molecule has 21 heteroatoms. The molecule has 0 aliphatic carbocycles. The van der Waals surface area contributed by atoms with Crippen LogP contribution in [0.1, 0.15) is 0 Å². The molecule has 0 aliphatic heterocycles. The molecular weight excluding hydrogens is 513 g/mol. The molecule has 0 radical (unpaired) electrons. The predicted octanol–water partition coefficient (Wildman–Crippen LogP) is 5.56. The topological polar surface area (TPSA) is 29.5 Å². The lowest BCUT2D eigenvalue weighted by molar-refractivity contribution is -0.498.